The second-order valence-electron chi connectivity index (χ2n) is 6.55. The molecule has 6 nitrogen and oxygen atoms in total. The molecule has 1 fully saturated rings. The van der Waals surface area contributed by atoms with Crippen LogP contribution in [0.15, 0.2) is 10.2 Å². The molecule has 0 radical (unpaired) electrons. The Bertz CT molecular complexity index is 940. The van der Waals surface area contributed by atoms with E-state index in [0.717, 1.165) is 22.1 Å². The number of aromatic nitrogens is 5. The molecular formula is C16H18N6S2. The Balaban J connectivity index is 1.69. The van der Waals surface area contributed by atoms with E-state index in [1.54, 1.807) is 0 Å². The SMILES string of the molecule is Cc1nnc(Sc2nc(C3CC3)nc3sc4c(c23)CCCC4)n1N. The maximum absolute atomic E-state index is 6.05. The molecule has 0 saturated heterocycles. The molecule has 1 saturated carbocycles. The van der Waals surface area contributed by atoms with E-state index in [-0.39, 0.29) is 0 Å². The predicted molar refractivity (Wildman–Crippen MR) is 95.1 cm³/mol. The highest BCUT2D eigenvalue weighted by molar-refractivity contribution is 7.99. The van der Waals surface area contributed by atoms with Gasteiger partial charge in [0.15, 0.2) is 0 Å². The van der Waals surface area contributed by atoms with Crippen molar-refractivity contribution in [3.8, 4) is 0 Å². The Morgan fingerprint density at radius 3 is 2.75 bits per heavy atom. The van der Waals surface area contributed by atoms with E-state index >= 15 is 0 Å². The molecule has 24 heavy (non-hydrogen) atoms. The molecule has 0 unspecified atom stereocenters. The van der Waals surface area contributed by atoms with E-state index in [9.17, 15) is 0 Å². The van der Waals surface area contributed by atoms with Gasteiger partial charge < -0.3 is 5.84 Å². The van der Waals surface area contributed by atoms with E-state index in [1.807, 2.05) is 18.3 Å². The van der Waals surface area contributed by atoms with Gasteiger partial charge in [-0.25, -0.2) is 14.6 Å². The summed E-state index contributed by atoms with van der Waals surface area (Å²) in [6.45, 7) is 1.86. The minimum atomic E-state index is 0.533. The fourth-order valence-electron chi connectivity index (χ4n) is 3.24. The first-order valence-corrected chi connectivity index (χ1v) is 10.0. The number of rotatable bonds is 3. The molecule has 0 atom stereocenters. The van der Waals surface area contributed by atoms with Gasteiger partial charge in [0, 0.05) is 16.2 Å². The van der Waals surface area contributed by atoms with Crippen LogP contribution in [0.1, 0.15) is 53.7 Å². The first-order valence-electron chi connectivity index (χ1n) is 8.38. The van der Waals surface area contributed by atoms with Crippen LogP contribution in [0.5, 0.6) is 0 Å². The zero-order valence-corrected chi connectivity index (χ0v) is 15.1. The van der Waals surface area contributed by atoms with Crippen molar-refractivity contribution >= 4 is 33.3 Å². The second kappa shape index (κ2) is 5.42. The minimum absolute atomic E-state index is 0.533. The van der Waals surface area contributed by atoms with Gasteiger partial charge in [-0.15, -0.1) is 21.5 Å². The first-order chi connectivity index (χ1) is 11.7. The molecular weight excluding hydrogens is 340 g/mol. The quantitative estimate of drug-likeness (QED) is 0.572. The number of fused-ring (bicyclic) bond motifs is 3. The number of nitrogens with zero attached hydrogens (tertiary/aromatic N) is 5. The smallest absolute Gasteiger partial charge is 0.216 e. The topological polar surface area (TPSA) is 82.5 Å². The number of nitrogen functional groups attached to an aromatic ring is 1. The van der Waals surface area contributed by atoms with Crippen molar-refractivity contribution in [1.82, 2.24) is 24.8 Å². The highest BCUT2D eigenvalue weighted by Gasteiger charge is 2.30. The van der Waals surface area contributed by atoms with Crippen LogP contribution in [0.4, 0.5) is 0 Å². The van der Waals surface area contributed by atoms with E-state index in [4.69, 9.17) is 15.8 Å². The molecule has 5 rings (SSSR count). The van der Waals surface area contributed by atoms with Crippen LogP contribution in [0.2, 0.25) is 0 Å². The van der Waals surface area contributed by atoms with Gasteiger partial charge in [-0.05, 0) is 62.8 Å². The number of thiophene rings is 1. The van der Waals surface area contributed by atoms with Crippen LogP contribution in [-0.2, 0) is 12.8 Å². The molecule has 3 aromatic heterocycles. The summed E-state index contributed by atoms with van der Waals surface area (Å²) < 4.78 is 1.54. The molecule has 2 aliphatic carbocycles. The molecule has 3 aromatic rings. The number of nitrogens with two attached hydrogens (primary N) is 1. The lowest BCUT2D eigenvalue weighted by Crippen LogP contribution is -2.11. The van der Waals surface area contributed by atoms with Gasteiger partial charge in [0.2, 0.25) is 5.16 Å². The molecule has 0 aliphatic heterocycles. The van der Waals surface area contributed by atoms with Crippen molar-refractivity contribution in [2.75, 3.05) is 5.84 Å². The summed E-state index contributed by atoms with van der Waals surface area (Å²) in [5.41, 5.74) is 1.45. The van der Waals surface area contributed by atoms with Crippen LogP contribution < -0.4 is 5.84 Å². The van der Waals surface area contributed by atoms with Crippen LogP contribution in [0, 0.1) is 6.92 Å². The predicted octanol–water partition coefficient (Wildman–Crippen LogP) is 3.21. The Labute approximate surface area is 147 Å². The van der Waals surface area contributed by atoms with Gasteiger partial charge in [-0.2, -0.15) is 0 Å². The van der Waals surface area contributed by atoms with Crippen molar-refractivity contribution in [3.05, 3.63) is 22.1 Å². The molecule has 2 N–H and O–H groups in total. The molecule has 0 amide bonds. The van der Waals surface area contributed by atoms with Crippen LogP contribution in [-0.4, -0.2) is 24.8 Å². The maximum Gasteiger partial charge on any atom is 0.216 e. The van der Waals surface area contributed by atoms with Crippen molar-refractivity contribution in [1.29, 1.82) is 0 Å². The first kappa shape index (κ1) is 14.7. The normalized spacial score (nSPS) is 17.4. The second-order valence-corrected chi connectivity index (χ2v) is 8.59. The summed E-state index contributed by atoms with van der Waals surface area (Å²) in [5, 5.41) is 11.2. The summed E-state index contributed by atoms with van der Waals surface area (Å²) in [6.07, 6.45) is 7.23. The number of hydrogen-bond acceptors (Lipinski definition) is 7. The van der Waals surface area contributed by atoms with Gasteiger partial charge >= 0.3 is 0 Å². The standard InChI is InChI=1S/C16H18N6S2/c1-8-20-21-16(22(8)17)24-15-12-10-4-2-3-5-11(10)23-14(12)18-13(19-15)9-6-7-9/h9H,2-7,17H2,1H3. The number of hydrogen-bond donors (Lipinski definition) is 1. The van der Waals surface area contributed by atoms with Gasteiger partial charge in [0.25, 0.3) is 0 Å². The fourth-order valence-corrected chi connectivity index (χ4v) is 5.52. The lowest BCUT2D eigenvalue weighted by atomic mass is 9.97. The summed E-state index contributed by atoms with van der Waals surface area (Å²) in [4.78, 5) is 12.4. The summed E-state index contributed by atoms with van der Waals surface area (Å²) in [5.74, 6) is 8.28. The monoisotopic (exact) mass is 358 g/mol. The Hall–Kier alpha value is -1.67. The third-order valence-electron chi connectivity index (χ3n) is 4.76. The van der Waals surface area contributed by atoms with E-state index in [0.29, 0.717) is 16.9 Å². The minimum Gasteiger partial charge on any atom is -0.336 e. The van der Waals surface area contributed by atoms with Crippen molar-refractivity contribution in [2.45, 2.75) is 61.5 Å². The van der Waals surface area contributed by atoms with Crippen molar-refractivity contribution in [3.63, 3.8) is 0 Å². The molecule has 8 heteroatoms. The zero-order valence-electron chi connectivity index (χ0n) is 13.4. The maximum atomic E-state index is 6.05. The molecule has 0 spiro atoms. The van der Waals surface area contributed by atoms with Crippen LogP contribution in [0.25, 0.3) is 10.2 Å². The summed E-state index contributed by atoms with van der Waals surface area (Å²) >= 11 is 3.38. The molecule has 0 bridgehead atoms. The third kappa shape index (κ3) is 2.31. The lowest BCUT2D eigenvalue weighted by Gasteiger charge is -2.11. The molecule has 124 valence electrons. The third-order valence-corrected chi connectivity index (χ3v) is 6.90. The molecule has 2 aliphatic rings. The van der Waals surface area contributed by atoms with E-state index in [1.165, 1.54) is 64.4 Å². The van der Waals surface area contributed by atoms with Crippen LogP contribution in [0.3, 0.4) is 0 Å². The van der Waals surface area contributed by atoms with Crippen molar-refractivity contribution < 1.29 is 0 Å². The largest absolute Gasteiger partial charge is 0.336 e. The van der Waals surface area contributed by atoms with E-state index < -0.39 is 0 Å². The Morgan fingerprint density at radius 2 is 2.00 bits per heavy atom. The van der Waals surface area contributed by atoms with Gasteiger partial charge in [-0.3, -0.25) is 0 Å². The molecule has 0 aromatic carbocycles. The summed E-state index contributed by atoms with van der Waals surface area (Å²) in [7, 11) is 0. The highest BCUT2D eigenvalue weighted by atomic mass is 32.2. The van der Waals surface area contributed by atoms with Crippen molar-refractivity contribution in [2.24, 2.45) is 0 Å². The highest BCUT2D eigenvalue weighted by Crippen LogP contribution is 2.44. The van der Waals surface area contributed by atoms with Gasteiger partial charge in [0.05, 0.1) is 0 Å². The Kier molecular flexibility index (Phi) is 3.31. The van der Waals surface area contributed by atoms with Gasteiger partial charge in [-0.1, -0.05) is 0 Å². The molecule has 3 heterocycles. The fraction of sp³-hybridized carbons (Fsp3) is 0.500. The average Bonchev–Trinajstić information content (AvgIpc) is 3.31. The lowest BCUT2D eigenvalue weighted by molar-refractivity contribution is 0.699. The summed E-state index contributed by atoms with van der Waals surface area (Å²) in [6, 6.07) is 0. The van der Waals surface area contributed by atoms with E-state index in [2.05, 4.69) is 10.2 Å². The average molecular weight is 358 g/mol. The van der Waals surface area contributed by atoms with Gasteiger partial charge in [0.1, 0.15) is 21.5 Å². The van der Waals surface area contributed by atoms with Crippen LogP contribution >= 0.6 is 23.1 Å². The zero-order chi connectivity index (χ0) is 16.3. The Morgan fingerprint density at radius 1 is 1.17 bits per heavy atom. The number of aryl methyl sites for hydroxylation is 3.